The summed E-state index contributed by atoms with van der Waals surface area (Å²) in [6.07, 6.45) is 1.24. The fraction of sp³-hybridized carbons (Fsp3) is 0.375. The third kappa shape index (κ3) is 3.51. The molecule has 0 spiro atoms. The number of likely N-dealkylation sites (tertiary alicyclic amines) is 1. The van der Waals surface area contributed by atoms with Gasteiger partial charge in [-0.25, -0.2) is 9.37 Å². The Morgan fingerprint density at radius 2 is 2.18 bits per heavy atom. The molecule has 22 heavy (non-hydrogen) atoms. The number of nitrogens with zero attached hydrogens (tertiary/aromatic N) is 2. The topological polar surface area (TPSA) is 53.4 Å². The van der Waals surface area contributed by atoms with Crippen molar-refractivity contribution in [1.82, 2.24) is 9.88 Å². The highest BCUT2D eigenvalue weighted by molar-refractivity contribution is 7.13. The molecule has 1 saturated heterocycles. The van der Waals surface area contributed by atoms with Crippen molar-refractivity contribution in [2.24, 2.45) is 0 Å². The van der Waals surface area contributed by atoms with Gasteiger partial charge in [0.2, 0.25) is 5.91 Å². The number of benzene rings is 1. The molecule has 0 radical (unpaired) electrons. The zero-order valence-corrected chi connectivity index (χ0v) is 12.9. The summed E-state index contributed by atoms with van der Waals surface area (Å²) in [5, 5.41) is 12.0. The van der Waals surface area contributed by atoms with Gasteiger partial charge < -0.3 is 10.0 Å². The van der Waals surface area contributed by atoms with E-state index in [9.17, 15) is 14.3 Å². The van der Waals surface area contributed by atoms with Crippen LogP contribution in [0.25, 0.3) is 10.6 Å². The molecule has 0 saturated carbocycles. The number of amides is 1. The maximum atomic E-state index is 13.2. The van der Waals surface area contributed by atoms with E-state index in [0.717, 1.165) is 10.6 Å². The molecule has 1 aliphatic rings. The molecule has 0 atom stereocenters. The minimum Gasteiger partial charge on any atom is -0.393 e. The lowest BCUT2D eigenvalue weighted by molar-refractivity contribution is -0.132. The first-order valence-corrected chi connectivity index (χ1v) is 8.16. The van der Waals surface area contributed by atoms with E-state index in [1.54, 1.807) is 17.0 Å². The van der Waals surface area contributed by atoms with Crippen LogP contribution >= 0.6 is 11.3 Å². The molecule has 2 aromatic rings. The molecule has 3 rings (SSSR count). The lowest BCUT2D eigenvalue weighted by atomic mass is 10.1. The zero-order chi connectivity index (χ0) is 15.5. The van der Waals surface area contributed by atoms with Crippen LogP contribution in [0.5, 0.6) is 0 Å². The predicted octanol–water partition coefficient (Wildman–Crippen LogP) is 2.48. The van der Waals surface area contributed by atoms with Gasteiger partial charge >= 0.3 is 0 Å². The molecule has 0 aliphatic carbocycles. The van der Waals surface area contributed by atoms with Gasteiger partial charge in [0.1, 0.15) is 10.8 Å². The lowest BCUT2D eigenvalue weighted by Gasteiger charge is -2.29. The van der Waals surface area contributed by atoms with E-state index in [2.05, 4.69) is 4.98 Å². The Hall–Kier alpha value is -1.79. The van der Waals surface area contributed by atoms with Crippen molar-refractivity contribution < 1.29 is 14.3 Å². The number of aliphatic hydroxyl groups is 1. The number of halogens is 1. The summed E-state index contributed by atoms with van der Waals surface area (Å²) >= 11 is 1.41. The lowest BCUT2D eigenvalue weighted by Crippen LogP contribution is -2.40. The normalized spacial score (nSPS) is 16.0. The van der Waals surface area contributed by atoms with Gasteiger partial charge in [-0.3, -0.25) is 4.79 Å². The third-order valence-corrected chi connectivity index (χ3v) is 4.71. The maximum Gasteiger partial charge on any atom is 0.228 e. The van der Waals surface area contributed by atoms with Gasteiger partial charge in [0.05, 0.1) is 18.2 Å². The third-order valence-electron chi connectivity index (χ3n) is 3.77. The highest BCUT2D eigenvalue weighted by atomic mass is 32.1. The monoisotopic (exact) mass is 320 g/mol. The molecule has 1 amide bonds. The SMILES string of the molecule is O=C(Cc1csc(-c2cccc(F)c2)n1)N1CCC(O)CC1. The van der Waals surface area contributed by atoms with Gasteiger partial charge in [-0.05, 0) is 25.0 Å². The second-order valence-electron chi connectivity index (χ2n) is 5.44. The predicted molar refractivity (Wildman–Crippen MR) is 83.0 cm³/mol. The van der Waals surface area contributed by atoms with E-state index in [4.69, 9.17) is 0 Å². The second-order valence-corrected chi connectivity index (χ2v) is 6.30. The second kappa shape index (κ2) is 6.54. The van der Waals surface area contributed by atoms with Crippen molar-refractivity contribution in [1.29, 1.82) is 0 Å². The van der Waals surface area contributed by atoms with Gasteiger partial charge in [-0.1, -0.05) is 12.1 Å². The van der Waals surface area contributed by atoms with E-state index in [1.165, 1.54) is 23.5 Å². The largest absolute Gasteiger partial charge is 0.393 e. The Bertz CT molecular complexity index is 666. The first-order chi connectivity index (χ1) is 10.6. The molecule has 1 aromatic heterocycles. The van der Waals surface area contributed by atoms with Gasteiger partial charge in [0, 0.05) is 24.0 Å². The van der Waals surface area contributed by atoms with Gasteiger partial charge in [-0.15, -0.1) is 11.3 Å². The summed E-state index contributed by atoms with van der Waals surface area (Å²) < 4.78 is 13.2. The van der Waals surface area contributed by atoms with Crippen LogP contribution in [0.3, 0.4) is 0 Å². The molecule has 1 fully saturated rings. The number of aromatic nitrogens is 1. The fourth-order valence-corrected chi connectivity index (χ4v) is 3.34. The molecule has 6 heteroatoms. The van der Waals surface area contributed by atoms with E-state index < -0.39 is 0 Å². The number of carbonyl (C=O) groups is 1. The van der Waals surface area contributed by atoms with Crippen LogP contribution in [-0.2, 0) is 11.2 Å². The average molecular weight is 320 g/mol. The highest BCUT2D eigenvalue weighted by Gasteiger charge is 2.22. The molecule has 1 N–H and O–H groups in total. The first kappa shape index (κ1) is 15.1. The van der Waals surface area contributed by atoms with E-state index in [1.807, 2.05) is 5.38 Å². The zero-order valence-electron chi connectivity index (χ0n) is 12.0. The van der Waals surface area contributed by atoms with Crippen molar-refractivity contribution in [3.8, 4) is 10.6 Å². The average Bonchev–Trinajstić information content (AvgIpc) is 2.96. The van der Waals surface area contributed by atoms with E-state index >= 15 is 0 Å². The van der Waals surface area contributed by atoms with Crippen molar-refractivity contribution in [3.05, 3.63) is 41.2 Å². The number of hydrogen-bond donors (Lipinski definition) is 1. The summed E-state index contributed by atoms with van der Waals surface area (Å²) in [5.74, 6) is -0.264. The van der Waals surface area contributed by atoms with Crippen LogP contribution in [0, 0.1) is 5.82 Å². The van der Waals surface area contributed by atoms with Crippen LogP contribution in [-0.4, -0.2) is 40.1 Å². The van der Waals surface area contributed by atoms with Crippen LogP contribution in [0.4, 0.5) is 4.39 Å². The number of thiazole rings is 1. The molecular weight excluding hydrogens is 303 g/mol. The summed E-state index contributed by atoms with van der Waals surface area (Å²) in [5.41, 5.74) is 1.44. The number of aliphatic hydroxyl groups excluding tert-OH is 1. The number of piperidine rings is 1. The van der Waals surface area contributed by atoms with Crippen LogP contribution < -0.4 is 0 Å². The van der Waals surface area contributed by atoms with Gasteiger partial charge in [-0.2, -0.15) is 0 Å². The quantitative estimate of drug-likeness (QED) is 0.945. The highest BCUT2D eigenvalue weighted by Crippen LogP contribution is 2.24. The summed E-state index contributed by atoms with van der Waals surface area (Å²) in [7, 11) is 0. The number of hydrogen-bond acceptors (Lipinski definition) is 4. The Morgan fingerprint density at radius 3 is 2.91 bits per heavy atom. The van der Waals surface area contributed by atoms with Crippen LogP contribution in [0.2, 0.25) is 0 Å². The minimum atomic E-state index is -0.294. The molecule has 2 heterocycles. The molecule has 1 aliphatic heterocycles. The molecule has 4 nitrogen and oxygen atoms in total. The first-order valence-electron chi connectivity index (χ1n) is 7.28. The molecule has 1 aromatic carbocycles. The van der Waals surface area contributed by atoms with Crippen molar-refractivity contribution in [3.63, 3.8) is 0 Å². The van der Waals surface area contributed by atoms with Crippen LogP contribution in [0.1, 0.15) is 18.5 Å². The summed E-state index contributed by atoms with van der Waals surface area (Å²) in [6.45, 7) is 1.20. The maximum absolute atomic E-state index is 13.2. The van der Waals surface area contributed by atoms with Gasteiger partial charge in [0.15, 0.2) is 0 Å². The Morgan fingerprint density at radius 1 is 1.41 bits per heavy atom. The molecule has 116 valence electrons. The molecule has 0 unspecified atom stereocenters. The Balaban J connectivity index is 1.65. The van der Waals surface area contributed by atoms with Gasteiger partial charge in [0.25, 0.3) is 0 Å². The fourth-order valence-electron chi connectivity index (χ4n) is 2.52. The smallest absolute Gasteiger partial charge is 0.228 e. The van der Waals surface area contributed by atoms with Crippen LogP contribution in [0.15, 0.2) is 29.6 Å². The Labute approximate surface area is 132 Å². The standard InChI is InChI=1S/C16H17FN2O2S/c17-12-3-1-2-11(8-12)16-18-13(10-22-16)9-15(21)19-6-4-14(20)5-7-19/h1-3,8,10,14,20H,4-7,9H2. The number of rotatable bonds is 3. The van der Waals surface area contributed by atoms with Crippen molar-refractivity contribution in [2.45, 2.75) is 25.4 Å². The Kier molecular flexibility index (Phi) is 4.49. The summed E-state index contributed by atoms with van der Waals surface area (Å²) in [4.78, 5) is 18.4. The number of carbonyl (C=O) groups excluding carboxylic acids is 1. The summed E-state index contributed by atoms with van der Waals surface area (Å²) in [6, 6.07) is 6.29. The molecule has 0 bridgehead atoms. The van der Waals surface area contributed by atoms with E-state index in [0.29, 0.717) is 31.6 Å². The molecular formula is C16H17FN2O2S. The van der Waals surface area contributed by atoms with Crippen molar-refractivity contribution >= 4 is 17.2 Å². The minimum absolute atomic E-state index is 0.0305. The van der Waals surface area contributed by atoms with E-state index in [-0.39, 0.29) is 24.2 Å². The van der Waals surface area contributed by atoms with Crippen molar-refractivity contribution in [2.75, 3.05) is 13.1 Å².